The van der Waals surface area contributed by atoms with Crippen LogP contribution >= 0.6 is 0 Å². The number of phenolic OH excluding ortho intramolecular Hbond substituents is 1. The van der Waals surface area contributed by atoms with E-state index in [4.69, 9.17) is 20.9 Å². The van der Waals surface area contributed by atoms with Crippen molar-refractivity contribution in [2.24, 2.45) is 22.4 Å². The summed E-state index contributed by atoms with van der Waals surface area (Å²) in [6.07, 6.45) is 10.3. The second kappa shape index (κ2) is 17.8. The molecule has 3 unspecified atom stereocenters. The molecule has 1 fully saturated rings. The third-order valence-corrected chi connectivity index (χ3v) is 8.64. The lowest BCUT2D eigenvalue weighted by molar-refractivity contribution is -0.117. The van der Waals surface area contributed by atoms with Crippen molar-refractivity contribution in [3.63, 3.8) is 0 Å². The van der Waals surface area contributed by atoms with Gasteiger partial charge in [-0.05, 0) is 99.8 Å². The predicted molar refractivity (Wildman–Crippen MR) is 173 cm³/mol. The summed E-state index contributed by atoms with van der Waals surface area (Å²) in [5, 5.41) is 21.6. The highest BCUT2D eigenvalue weighted by molar-refractivity contribution is 5.90. The molecule has 6 N–H and O–H groups in total. The Balaban J connectivity index is 2.20. The number of ether oxygens (including phenoxy) is 2. The number of fused-ring (bicyclic) bond motifs is 1. The summed E-state index contributed by atoms with van der Waals surface area (Å²) in [6.45, 7) is 3.85. The molecule has 242 valence electrons. The van der Waals surface area contributed by atoms with Gasteiger partial charge in [0.2, 0.25) is 0 Å². The first-order valence-corrected chi connectivity index (χ1v) is 16.1. The first-order chi connectivity index (χ1) is 21.2. The van der Waals surface area contributed by atoms with Gasteiger partial charge in [0.25, 0.3) is 0 Å². The van der Waals surface area contributed by atoms with Crippen LogP contribution in [0.2, 0.25) is 0 Å². The fourth-order valence-electron chi connectivity index (χ4n) is 6.46. The zero-order valence-corrected chi connectivity index (χ0v) is 26.7. The van der Waals surface area contributed by atoms with Crippen LogP contribution in [0.4, 0.5) is 0 Å². The summed E-state index contributed by atoms with van der Waals surface area (Å²) in [5.74, 6) is 6.73. The number of aryl methyl sites for hydroxylation is 1. The number of aliphatic hydroxyl groups excluding tert-OH is 1. The smallest absolute Gasteiger partial charge is 0.186 e. The van der Waals surface area contributed by atoms with Crippen molar-refractivity contribution in [1.82, 2.24) is 0 Å². The Bertz CT molecular complexity index is 1250. The van der Waals surface area contributed by atoms with Gasteiger partial charge in [-0.1, -0.05) is 25.2 Å². The Morgan fingerprint density at radius 1 is 1.14 bits per heavy atom. The molecule has 44 heavy (non-hydrogen) atoms. The Hall–Kier alpha value is -3.35. The van der Waals surface area contributed by atoms with Crippen molar-refractivity contribution in [2.45, 2.75) is 115 Å². The van der Waals surface area contributed by atoms with Crippen LogP contribution in [0.3, 0.4) is 0 Å². The van der Waals surface area contributed by atoms with Gasteiger partial charge in [0.05, 0.1) is 18.8 Å². The first kappa shape index (κ1) is 35.1. The van der Waals surface area contributed by atoms with E-state index < -0.39 is 0 Å². The number of hydrogen-bond donors (Lipinski definition) is 4. The molecular weight excluding hydrogens is 558 g/mol. The molecule has 0 amide bonds. The highest BCUT2D eigenvalue weighted by atomic mass is 16.5. The molecule has 3 atom stereocenters. The molecule has 0 spiro atoms. The minimum absolute atomic E-state index is 0.00826. The number of allylic oxidation sites excluding steroid dienone is 1. The number of aliphatic imine (C=N–C) groups is 1. The number of benzene rings is 1. The lowest BCUT2D eigenvalue weighted by atomic mass is 9.75. The monoisotopic (exact) mass is 609 g/mol. The van der Waals surface area contributed by atoms with Gasteiger partial charge in [-0.25, -0.2) is 4.99 Å². The summed E-state index contributed by atoms with van der Waals surface area (Å²) in [5.41, 5.74) is 14.3. The Labute approximate surface area is 262 Å². The van der Waals surface area contributed by atoms with Gasteiger partial charge in [0.15, 0.2) is 23.2 Å². The fraction of sp³-hybridized carbons (Fsp3) is 0.629. The molecule has 9 nitrogen and oxygen atoms in total. The topological polar surface area (TPSA) is 157 Å². The quantitative estimate of drug-likeness (QED) is 0.0953. The van der Waals surface area contributed by atoms with Gasteiger partial charge in [0, 0.05) is 44.1 Å². The number of Topliss-reactive ketones (excluding diaryl/α,β-unsaturated/α-hetero) is 1. The highest BCUT2D eigenvalue weighted by Crippen LogP contribution is 2.46. The molecular formula is C35H51N3O6. The van der Waals surface area contributed by atoms with Gasteiger partial charge >= 0.3 is 0 Å². The maximum atomic E-state index is 13.0. The van der Waals surface area contributed by atoms with Crippen LogP contribution in [-0.4, -0.2) is 60.2 Å². The number of aromatic hydroxyl groups is 1. The van der Waals surface area contributed by atoms with E-state index >= 15 is 0 Å². The molecule has 2 aliphatic carbocycles. The van der Waals surface area contributed by atoms with E-state index in [0.29, 0.717) is 74.0 Å². The number of guanidine groups is 1. The van der Waals surface area contributed by atoms with Crippen molar-refractivity contribution >= 4 is 17.5 Å². The van der Waals surface area contributed by atoms with E-state index in [1.165, 1.54) is 0 Å². The number of nitrogens with two attached hydrogens (primary N) is 2. The van der Waals surface area contributed by atoms with Gasteiger partial charge in [-0.15, -0.1) is 0 Å². The Morgan fingerprint density at radius 3 is 2.52 bits per heavy atom. The Kier molecular flexibility index (Phi) is 14.2. The van der Waals surface area contributed by atoms with Crippen molar-refractivity contribution in [3.05, 3.63) is 34.4 Å². The highest BCUT2D eigenvalue weighted by Gasteiger charge is 2.33. The van der Waals surface area contributed by atoms with Crippen molar-refractivity contribution < 1.29 is 29.3 Å². The van der Waals surface area contributed by atoms with Gasteiger partial charge in [0.1, 0.15) is 5.78 Å². The number of nitrogens with zero attached hydrogens (tertiary/aromatic N) is 1. The molecule has 1 aromatic rings. The third kappa shape index (κ3) is 10.4. The molecule has 9 heteroatoms. The van der Waals surface area contributed by atoms with Crippen LogP contribution in [0.25, 0.3) is 0 Å². The zero-order chi connectivity index (χ0) is 32.1. The van der Waals surface area contributed by atoms with E-state index in [9.17, 15) is 19.8 Å². The zero-order valence-electron chi connectivity index (χ0n) is 26.7. The number of rotatable bonds is 15. The van der Waals surface area contributed by atoms with Crippen molar-refractivity contribution in [2.75, 3.05) is 20.3 Å². The molecule has 0 aromatic heterocycles. The van der Waals surface area contributed by atoms with E-state index in [-0.39, 0.29) is 60.3 Å². The normalized spacial score (nSPS) is 20.7. The van der Waals surface area contributed by atoms with E-state index in [0.717, 1.165) is 37.7 Å². The van der Waals surface area contributed by atoms with Crippen LogP contribution < -0.4 is 16.2 Å². The molecule has 0 radical (unpaired) electrons. The second-order valence-electron chi connectivity index (χ2n) is 12.2. The average Bonchev–Trinajstić information content (AvgIpc) is 3.49. The minimum atomic E-state index is -0.256. The number of ketones is 2. The number of hydrogen-bond acceptors (Lipinski definition) is 7. The second-order valence-corrected chi connectivity index (χ2v) is 12.2. The maximum absolute atomic E-state index is 13.0. The summed E-state index contributed by atoms with van der Waals surface area (Å²) in [7, 11) is 1.65. The summed E-state index contributed by atoms with van der Waals surface area (Å²) < 4.78 is 12.1. The molecule has 0 heterocycles. The van der Waals surface area contributed by atoms with E-state index in [1.807, 2.05) is 13.0 Å². The van der Waals surface area contributed by atoms with Gasteiger partial charge in [-0.2, -0.15) is 0 Å². The minimum Gasteiger partial charge on any atom is -0.504 e. The first-order valence-electron chi connectivity index (χ1n) is 16.1. The standard InChI is InChI=1S/C35H51N3O6/c1-4-8-24(21-39)19-28(41)17-15-25-20-32(44-29-10-5-6-11-29)34(42)33-30(25)12-7-9-27(38-35(36)37)16-14-26(22-43-3)31(33)18-13-23(2)40/h19-20,26-27,29,31,39,42H,4-6,8-11,13-18,21-22H2,1-3H3,(H4,36,37,38). The Morgan fingerprint density at radius 2 is 1.89 bits per heavy atom. The SMILES string of the molecule is CCCC(=CC(=O)CCc1cc(OC2CCCC2)c(O)c2c1C#CCC(N=C(N)N)CCC(COC)C2CCC(C)=O)CO. The predicted octanol–water partition coefficient (Wildman–Crippen LogP) is 4.83. The number of carbonyl (C=O) groups excluding carboxylic acids is 2. The van der Waals surface area contributed by atoms with Crippen LogP contribution in [0.5, 0.6) is 11.5 Å². The van der Waals surface area contributed by atoms with Crippen molar-refractivity contribution in [1.29, 1.82) is 0 Å². The fourth-order valence-corrected chi connectivity index (χ4v) is 6.46. The van der Waals surface area contributed by atoms with Crippen LogP contribution in [-0.2, 0) is 20.7 Å². The summed E-state index contributed by atoms with van der Waals surface area (Å²) in [6, 6.07) is 1.63. The molecule has 3 rings (SSSR count). The average molecular weight is 610 g/mol. The van der Waals surface area contributed by atoms with Gasteiger partial charge in [-0.3, -0.25) is 4.79 Å². The number of carbonyl (C=O) groups is 2. The van der Waals surface area contributed by atoms with E-state index in [1.54, 1.807) is 20.1 Å². The van der Waals surface area contributed by atoms with Crippen LogP contribution in [0, 0.1) is 17.8 Å². The van der Waals surface area contributed by atoms with Gasteiger partial charge < -0.3 is 35.9 Å². The molecule has 0 aliphatic heterocycles. The number of methoxy groups -OCH3 is 1. The molecule has 1 saturated carbocycles. The van der Waals surface area contributed by atoms with Crippen LogP contribution in [0.15, 0.2) is 22.7 Å². The lowest BCUT2D eigenvalue weighted by Gasteiger charge is -2.31. The number of phenols is 1. The maximum Gasteiger partial charge on any atom is 0.186 e. The lowest BCUT2D eigenvalue weighted by Crippen LogP contribution is -2.27. The molecule has 0 bridgehead atoms. The molecule has 1 aromatic carbocycles. The van der Waals surface area contributed by atoms with Crippen LogP contribution in [0.1, 0.15) is 114 Å². The molecule has 0 saturated heterocycles. The van der Waals surface area contributed by atoms with Crippen molar-refractivity contribution in [3.8, 4) is 23.3 Å². The summed E-state index contributed by atoms with van der Waals surface area (Å²) >= 11 is 0. The third-order valence-electron chi connectivity index (χ3n) is 8.64. The van der Waals surface area contributed by atoms with E-state index in [2.05, 4.69) is 16.8 Å². The number of aliphatic hydroxyl groups is 1. The summed E-state index contributed by atoms with van der Waals surface area (Å²) in [4.78, 5) is 29.7. The largest absolute Gasteiger partial charge is 0.504 e. The molecule has 2 aliphatic rings.